The molecule has 25 heavy (non-hydrogen) atoms. The second-order valence-electron chi connectivity index (χ2n) is 6.76. The number of guanidine groups is 1. The third-order valence-electron chi connectivity index (χ3n) is 5.10. The summed E-state index contributed by atoms with van der Waals surface area (Å²) in [4.78, 5) is 10.2. The fraction of sp³-hybridized carbons (Fsp3) is 0.750. The van der Waals surface area contributed by atoms with Crippen LogP contribution in [0, 0.1) is 5.41 Å². The molecule has 1 aromatic heterocycles. The van der Waals surface area contributed by atoms with Crippen LogP contribution in [0.15, 0.2) is 10.4 Å². The molecule has 0 amide bonds. The van der Waals surface area contributed by atoms with Gasteiger partial charge in [0.25, 0.3) is 0 Å². The summed E-state index contributed by atoms with van der Waals surface area (Å²) in [6.45, 7) is 2.24. The Morgan fingerprint density at radius 1 is 1.32 bits per heavy atom. The van der Waals surface area contributed by atoms with E-state index in [1.807, 2.05) is 0 Å². The predicted molar refractivity (Wildman–Crippen MR) is 104 cm³/mol. The monoisotopic (exact) mass is 488 g/mol. The number of nitrogens with one attached hydrogen (secondary N) is 1. The number of rotatable bonds is 2. The fourth-order valence-electron chi connectivity index (χ4n) is 3.84. The Hall–Kier alpha value is -0.580. The van der Waals surface area contributed by atoms with Gasteiger partial charge < -0.3 is 10.2 Å². The molecule has 1 saturated heterocycles. The number of aromatic nitrogens is 1. The second-order valence-corrected chi connectivity index (χ2v) is 7.70. The molecule has 1 spiro atoms. The Morgan fingerprint density at radius 3 is 2.64 bits per heavy atom. The van der Waals surface area contributed by atoms with Crippen molar-refractivity contribution in [3.63, 3.8) is 0 Å². The van der Waals surface area contributed by atoms with Crippen molar-refractivity contribution in [1.82, 2.24) is 15.2 Å². The van der Waals surface area contributed by atoms with Gasteiger partial charge in [-0.3, -0.25) is 4.99 Å². The summed E-state index contributed by atoms with van der Waals surface area (Å²) in [7, 11) is 1.72. The predicted octanol–water partition coefficient (Wildman–Crippen LogP) is 4.51. The van der Waals surface area contributed by atoms with Crippen LogP contribution in [-0.4, -0.2) is 36.0 Å². The molecule has 0 bridgehead atoms. The zero-order valence-corrected chi connectivity index (χ0v) is 17.4. The van der Waals surface area contributed by atoms with Gasteiger partial charge in [0.1, 0.15) is 5.01 Å². The average molecular weight is 488 g/mol. The largest absolute Gasteiger partial charge is 0.434 e. The van der Waals surface area contributed by atoms with Crippen LogP contribution < -0.4 is 5.32 Å². The van der Waals surface area contributed by atoms with E-state index >= 15 is 0 Å². The lowest BCUT2D eigenvalue weighted by Gasteiger charge is -2.33. The molecule has 0 atom stereocenters. The van der Waals surface area contributed by atoms with Crippen LogP contribution in [0.4, 0.5) is 13.2 Å². The smallest absolute Gasteiger partial charge is 0.350 e. The summed E-state index contributed by atoms with van der Waals surface area (Å²) in [5, 5.41) is 4.66. The summed E-state index contributed by atoms with van der Waals surface area (Å²) in [5.74, 6) is 0.765. The van der Waals surface area contributed by atoms with E-state index in [9.17, 15) is 13.2 Å². The molecular formula is C16H24F3IN4S. The first-order chi connectivity index (χ1) is 11.4. The molecule has 2 aliphatic rings. The highest BCUT2D eigenvalue weighted by Gasteiger charge is 2.39. The van der Waals surface area contributed by atoms with Crippen LogP contribution in [0.5, 0.6) is 0 Å². The third-order valence-corrected chi connectivity index (χ3v) is 5.95. The van der Waals surface area contributed by atoms with Crippen molar-refractivity contribution in [2.75, 3.05) is 20.1 Å². The Kier molecular flexibility index (Phi) is 6.97. The molecule has 1 aliphatic carbocycles. The summed E-state index contributed by atoms with van der Waals surface area (Å²) < 4.78 is 37.8. The summed E-state index contributed by atoms with van der Waals surface area (Å²) in [6, 6.07) is 0. The minimum absolute atomic E-state index is 0. The van der Waals surface area contributed by atoms with Crippen LogP contribution in [0.1, 0.15) is 49.2 Å². The van der Waals surface area contributed by atoms with Crippen molar-refractivity contribution >= 4 is 41.3 Å². The number of nitrogens with zero attached hydrogens (tertiary/aromatic N) is 3. The summed E-state index contributed by atoms with van der Waals surface area (Å²) in [6.07, 6.45) is 3.31. The molecule has 0 unspecified atom stereocenters. The Labute approximate surface area is 167 Å². The lowest BCUT2D eigenvalue weighted by molar-refractivity contribution is -0.140. The zero-order chi connectivity index (χ0) is 17.2. The summed E-state index contributed by atoms with van der Waals surface area (Å²) in [5.41, 5.74) is -0.401. The molecule has 4 nitrogen and oxygen atoms in total. The standard InChI is InChI=1S/C16H23F3N4S.HI/c1-20-14(21-9-13-22-12(10-24-13)16(17,18)19)23-8-7-15(11-23)5-3-2-4-6-15;/h10H,2-9,11H2,1H3,(H,20,21);1H. The van der Waals surface area contributed by atoms with Gasteiger partial charge in [0.15, 0.2) is 11.7 Å². The Bertz CT molecular complexity index is 596. The van der Waals surface area contributed by atoms with E-state index in [2.05, 4.69) is 20.2 Å². The minimum atomic E-state index is -4.38. The normalized spacial score (nSPS) is 20.6. The lowest BCUT2D eigenvalue weighted by atomic mass is 9.73. The fourth-order valence-corrected chi connectivity index (χ4v) is 4.58. The van der Waals surface area contributed by atoms with Gasteiger partial charge in [-0.2, -0.15) is 13.2 Å². The maximum atomic E-state index is 12.6. The number of thiazole rings is 1. The van der Waals surface area contributed by atoms with Gasteiger partial charge in [-0.05, 0) is 24.7 Å². The van der Waals surface area contributed by atoms with Crippen molar-refractivity contribution in [1.29, 1.82) is 0 Å². The van der Waals surface area contributed by atoms with Crippen LogP contribution in [0.2, 0.25) is 0 Å². The van der Waals surface area contributed by atoms with E-state index in [1.54, 1.807) is 7.05 Å². The highest BCUT2D eigenvalue weighted by atomic mass is 127. The topological polar surface area (TPSA) is 40.5 Å². The second kappa shape index (κ2) is 8.41. The number of hydrogen-bond donors (Lipinski definition) is 1. The lowest BCUT2D eigenvalue weighted by Crippen LogP contribution is -2.41. The molecule has 2 heterocycles. The average Bonchev–Trinajstić information content (AvgIpc) is 3.17. The maximum Gasteiger partial charge on any atom is 0.434 e. The molecule has 9 heteroatoms. The van der Waals surface area contributed by atoms with Crippen molar-refractivity contribution < 1.29 is 13.2 Å². The number of hydrogen-bond acceptors (Lipinski definition) is 3. The Balaban J connectivity index is 0.00000225. The molecule has 142 valence electrons. The molecule has 0 aromatic carbocycles. The highest BCUT2D eigenvalue weighted by molar-refractivity contribution is 14.0. The van der Waals surface area contributed by atoms with Crippen molar-refractivity contribution in [2.24, 2.45) is 10.4 Å². The first kappa shape index (κ1) is 20.7. The molecule has 0 radical (unpaired) electrons. The molecule has 1 saturated carbocycles. The third kappa shape index (κ3) is 4.99. The van der Waals surface area contributed by atoms with Gasteiger partial charge >= 0.3 is 6.18 Å². The van der Waals surface area contributed by atoms with E-state index in [-0.39, 0.29) is 30.5 Å². The van der Waals surface area contributed by atoms with Gasteiger partial charge in [0, 0.05) is 25.5 Å². The maximum absolute atomic E-state index is 12.6. The van der Waals surface area contributed by atoms with E-state index in [0.29, 0.717) is 10.4 Å². The highest BCUT2D eigenvalue weighted by Crippen LogP contribution is 2.43. The van der Waals surface area contributed by atoms with Crippen LogP contribution in [0.3, 0.4) is 0 Å². The first-order valence-electron chi connectivity index (χ1n) is 8.39. The SMILES string of the molecule is CN=C(NCc1nc(C(F)(F)F)cs1)N1CCC2(CCCCC2)C1.I. The summed E-state index contributed by atoms with van der Waals surface area (Å²) >= 11 is 1.03. The van der Waals surface area contributed by atoms with E-state index in [1.165, 1.54) is 38.5 Å². The molecule has 3 rings (SSSR count). The zero-order valence-electron chi connectivity index (χ0n) is 14.2. The number of halogens is 4. The van der Waals surface area contributed by atoms with E-state index in [4.69, 9.17) is 0 Å². The van der Waals surface area contributed by atoms with Crippen LogP contribution in [0.25, 0.3) is 0 Å². The van der Waals surface area contributed by atoms with Gasteiger partial charge in [-0.15, -0.1) is 35.3 Å². The quantitative estimate of drug-likeness (QED) is 0.379. The van der Waals surface area contributed by atoms with Gasteiger partial charge in [-0.25, -0.2) is 4.98 Å². The number of alkyl halides is 3. The van der Waals surface area contributed by atoms with Crippen molar-refractivity contribution in [3.8, 4) is 0 Å². The molecule has 1 aromatic rings. The molecule has 1 aliphatic heterocycles. The minimum Gasteiger partial charge on any atom is -0.350 e. The van der Waals surface area contributed by atoms with Crippen LogP contribution in [-0.2, 0) is 12.7 Å². The molecule has 1 N–H and O–H groups in total. The van der Waals surface area contributed by atoms with Crippen LogP contribution >= 0.6 is 35.3 Å². The van der Waals surface area contributed by atoms with Gasteiger partial charge in [0.2, 0.25) is 0 Å². The first-order valence-corrected chi connectivity index (χ1v) is 9.27. The number of aliphatic imine (C=N–C) groups is 1. The van der Waals surface area contributed by atoms with Crippen molar-refractivity contribution in [2.45, 2.75) is 51.2 Å². The van der Waals surface area contributed by atoms with E-state index in [0.717, 1.165) is 35.8 Å². The van der Waals surface area contributed by atoms with E-state index < -0.39 is 11.9 Å². The van der Waals surface area contributed by atoms with Gasteiger partial charge in [-0.1, -0.05) is 19.3 Å². The molecular weight excluding hydrogens is 464 g/mol. The number of likely N-dealkylation sites (tertiary alicyclic amines) is 1. The van der Waals surface area contributed by atoms with Crippen molar-refractivity contribution in [3.05, 3.63) is 16.1 Å². The molecule has 2 fully saturated rings. The Morgan fingerprint density at radius 2 is 2.04 bits per heavy atom. The van der Waals surface area contributed by atoms with Gasteiger partial charge in [0.05, 0.1) is 6.54 Å².